The lowest BCUT2D eigenvalue weighted by atomic mass is 9.67. The average Bonchev–Trinajstić information content (AvgIpc) is 2.46. The van der Waals surface area contributed by atoms with Crippen LogP contribution in [0.25, 0.3) is 0 Å². The zero-order valence-electron chi connectivity index (χ0n) is 14.1. The van der Waals surface area contributed by atoms with Gasteiger partial charge in [0, 0.05) is 11.8 Å². The van der Waals surface area contributed by atoms with E-state index >= 15 is 0 Å². The van der Waals surface area contributed by atoms with Crippen molar-refractivity contribution >= 4 is 5.78 Å². The molecule has 0 saturated heterocycles. The lowest BCUT2D eigenvalue weighted by molar-refractivity contribution is -0.129. The van der Waals surface area contributed by atoms with E-state index < -0.39 is 0 Å². The Morgan fingerprint density at radius 2 is 1.30 bits per heavy atom. The Balaban J connectivity index is 1.80. The third kappa shape index (κ3) is 3.86. The van der Waals surface area contributed by atoms with Gasteiger partial charge in [-0.25, -0.2) is 0 Å². The zero-order valence-corrected chi connectivity index (χ0v) is 14.1. The number of hydrogen-bond donors (Lipinski definition) is 0. The van der Waals surface area contributed by atoms with E-state index in [9.17, 15) is 4.79 Å². The molecule has 0 aromatic heterocycles. The maximum Gasteiger partial charge on any atom is 0.139 e. The van der Waals surface area contributed by atoms with Gasteiger partial charge >= 0.3 is 0 Å². The van der Waals surface area contributed by atoms with Crippen molar-refractivity contribution < 1.29 is 4.79 Å². The molecule has 0 amide bonds. The fourth-order valence-electron chi connectivity index (χ4n) is 4.43. The van der Waals surface area contributed by atoms with Crippen LogP contribution < -0.4 is 0 Å². The molecule has 0 unspecified atom stereocenters. The molecule has 1 heteroatoms. The minimum absolute atomic E-state index is 0.400. The van der Waals surface area contributed by atoms with Crippen molar-refractivity contribution in [3.63, 3.8) is 0 Å². The third-order valence-corrected chi connectivity index (χ3v) is 6.18. The molecule has 0 radical (unpaired) electrons. The highest BCUT2D eigenvalue weighted by Crippen LogP contribution is 2.42. The fraction of sp³-hybridized carbons (Fsp3) is 0.947. The first kappa shape index (κ1) is 16.0. The topological polar surface area (TPSA) is 17.1 Å². The maximum atomic E-state index is 12.7. The summed E-state index contributed by atoms with van der Waals surface area (Å²) in [6.45, 7) is 9.35. The van der Waals surface area contributed by atoms with E-state index in [-0.39, 0.29) is 0 Å². The molecule has 1 nitrogen and oxygen atoms in total. The van der Waals surface area contributed by atoms with Gasteiger partial charge in [-0.1, -0.05) is 34.1 Å². The Hall–Kier alpha value is -0.330. The standard InChI is InChI=1S/C19H34O/c1-5-14-6-8-15(9-7-14)18(20)16-10-12-17(13-11-16)19(2,3)4/h14-17H,5-13H2,1-4H3. The molecule has 0 atom stereocenters. The summed E-state index contributed by atoms with van der Waals surface area (Å²) in [7, 11) is 0. The largest absolute Gasteiger partial charge is 0.299 e. The second-order valence-electron chi connectivity index (χ2n) is 8.44. The van der Waals surface area contributed by atoms with Crippen LogP contribution in [0, 0.1) is 29.1 Å². The SMILES string of the molecule is CCC1CCC(C(=O)C2CCC(C(C)(C)C)CC2)CC1. The van der Waals surface area contributed by atoms with Crippen LogP contribution >= 0.6 is 0 Å². The summed E-state index contributed by atoms with van der Waals surface area (Å²) in [6, 6.07) is 0. The number of carbonyl (C=O) groups is 1. The van der Waals surface area contributed by atoms with Crippen molar-refractivity contribution in [1.29, 1.82) is 0 Å². The van der Waals surface area contributed by atoms with Crippen molar-refractivity contribution in [2.24, 2.45) is 29.1 Å². The molecular weight excluding hydrogens is 244 g/mol. The van der Waals surface area contributed by atoms with Crippen molar-refractivity contribution in [3.05, 3.63) is 0 Å². The van der Waals surface area contributed by atoms with Crippen LogP contribution in [-0.4, -0.2) is 5.78 Å². The summed E-state index contributed by atoms with van der Waals surface area (Å²) in [5.41, 5.74) is 0.424. The second-order valence-corrected chi connectivity index (χ2v) is 8.44. The summed E-state index contributed by atoms with van der Waals surface area (Å²) in [4.78, 5) is 12.7. The molecule has 2 fully saturated rings. The highest BCUT2D eigenvalue weighted by Gasteiger charge is 2.35. The molecule has 0 heterocycles. The van der Waals surface area contributed by atoms with Crippen LogP contribution in [-0.2, 0) is 4.79 Å². The van der Waals surface area contributed by atoms with E-state index in [2.05, 4.69) is 27.7 Å². The normalized spacial score (nSPS) is 35.8. The van der Waals surface area contributed by atoms with Crippen LogP contribution in [0.3, 0.4) is 0 Å². The lowest BCUT2D eigenvalue weighted by Gasteiger charge is -2.38. The van der Waals surface area contributed by atoms with Crippen molar-refractivity contribution in [2.75, 3.05) is 0 Å². The maximum absolute atomic E-state index is 12.7. The van der Waals surface area contributed by atoms with E-state index in [4.69, 9.17) is 0 Å². The quantitative estimate of drug-likeness (QED) is 0.654. The number of Topliss-reactive ketones (excluding diaryl/α,β-unsaturated/α-hetero) is 1. The molecule has 0 spiro atoms. The molecule has 2 aliphatic rings. The number of hydrogen-bond acceptors (Lipinski definition) is 1. The monoisotopic (exact) mass is 278 g/mol. The van der Waals surface area contributed by atoms with Crippen molar-refractivity contribution in [2.45, 2.75) is 85.5 Å². The third-order valence-electron chi connectivity index (χ3n) is 6.18. The minimum atomic E-state index is 0.400. The first-order valence-corrected chi connectivity index (χ1v) is 8.95. The first-order valence-electron chi connectivity index (χ1n) is 8.95. The van der Waals surface area contributed by atoms with Gasteiger partial charge in [0.2, 0.25) is 0 Å². The van der Waals surface area contributed by atoms with Crippen LogP contribution in [0.4, 0.5) is 0 Å². The summed E-state index contributed by atoms with van der Waals surface area (Å²) in [5.74, 6) is 3.16. The molecule has 0 aromatic carbocycles. The van der Waals surface area contributed by atoms with Gasteiger partial charge in [-0.2, -0.15) is 0 Å². The van der Waals surface area contributed by atoms with E-state index in [0.29, 0.717) is 23.0 Å². The predicted molar refractivity (Wildman–Crippen MR) is 85.6 cm³/mol. The van der Waals surface area contributed by atoms with Crippen molar-refractivity contribution in [1.82, 2.24) is 0 Å². The Bertz CT molecular complexity index is 309. The van der Waals surface area contributed by atoms with Gasteiger partial charge in [-0.3, -0.25) is 4.79 Å². The smallest absolute Gasteiger partial charge is 0.139 e. The lowest BCUT2D eigenvalue weighted by Crippen LogP contribution is -2.33. The van der Waals surface area contributed by atoms with Gasteiger partial charge in [0.05, 0.1) is 0 Å². The minimum Gasteiger partial charge on any atom is -0.299 e. The van der Waals surface area contributed by atoms with Crippen LogP contribution in [0.1, 0.15) is 85.5 Å². The molecule has 0 bridgehead atoms. The van der Waals surface area contributed by atoms with E-state index in [1.807, 2.05) is 0 Å². The summed E-state index contributed by atoms with van der Waals surface area (Å²) in [5, 5.41) is 0. The van der Waals surface area contributed by atoms with E-state index in [0.717, 1.165) is 24.7 Å². The Morgan fingerprint density at radius 3 is 1.70 bits per heavy atom. The second kappa shape index (κ2) is 6.62. The van der Waals surface area contributed by atoms with Crippen LogP contribution in [0.15, 0.2) is 0 Å². The van der Waals surface area contributed by atoms with Gasteiger partial charge in [0.15, 0.2) is 0 Å². The molecule has 0 N–H and O–H groups in total. The molecule has 0 aliphatic heterocycles. The van der Waals surface area contributed by atoms with Gasteiger partial charge < -0.3 is 0 Å². The predicted octanol–water partition coefficient (Wildman–Crippen LogP) is 5.62. The number of rotatable bonds is 3. The zero-order chi connectivity index (χ0) is 14.8. The molecule has 0 aromatic rings. The summed E-state index contributed by atoms with van der Waals surface area (Å²) >= 11 is 0. The number of carbonyl (C=O) groups excluding carboxylic acids is 1. The van der Waals surface area contributed by atoms with E-state index in [1.54, 1.807) is 0 Å². The molecule has 20 heavy (non-hydrogen) atoms. The highest BCUT2D eigenvalue weighted by molar-refractivity contribution is 5.83. The van der Waals surface area contributed by atoms with Gasteiger partial charge in [0.1, 0.15) is 5.78 Å². The first-order chi connectivity index (χ1) is 9.41. The Labute approximate surface area is 125 Å². The van der Waals surface area contributed by atoms with Crippen LogP contribution in [0.2, 0.25) is 0 Å². The van der Waals surface area contributed by atoms with Gasteiger partial charge in [0.25, 0.3) is 0 Å². The van der Waals surface area contributed by atoms with Gasteiger partial charge in [-0.15, -0.1) is 0 Å². The Morgan fingerprint density at radius 1 is 0.850 bits per heavy atom. The average molecular weight is 278 g/mol. The van der Waals surface area contributed by atoms with E-state index in [1.165, 1.54) is 44.9 Å². The van der Waals surface area contributed by atoms with Crippen molar-refractivity contribution in [3.8, 4) is 0 Å². The molecule has 2 rings (SSSR count). The van der Waals surface area contributed by atoms with Crippen LogP contribution in [0.5, 0.6) is 0 Å². The summed E-state index contributed by atoms with van der Waals surface area (Å²) < 4.78 is 0. The molecule has 2 saturated carbocycles. The molecule has 2 aliphatic carbocycles. The number of ketones is 1. The molecule has 116 valence electrons. The molecular formula is C19H34O. The van der Waals surface area contributed by atoms with Gasteiger partial charge in [-0.05, 0) is 68.6 Å². The Kier molecular flexibility index (Phi) is 5.31. The fourth-order valence-corrected chi connectivity index (χ4v) is 4.43. The summed E-state index contributed by atoms with van der Waals surface area (Å²) in [6.07, 6.45) is 11.1. The highest BCUT2D eigenvalue weighted by atomic mass is 16.1.